The molecule has 0 spiro atoms. The van der Waals surface area contributed by atoms with Crippen LogP contribution in [0.5, 0.6) is 0 Å². The summed E-state index contributed by atoms with van der Waals surface area (Å²) in [6, 6.07) is 0. The van der Waals surface area contributed by atoms with E-state index in [2.05, 4.69) is 5.73 Å². The molecule has 4 heteroatoms. The van der Waals surface area contributed by atoms with Crippen molar-refractivity contribution in [1.29, 1.82) is 0 Å². The smallest absolute Gasteiger partial charge is 0.270 e. The van der Waals surface area contributed by atoms with E-state index in [0.29, 0.717) is 0 Å². The third kappa shape index (κ3) is 2.45. The summed E-state index contributed by atoms with van der Waals surface area (Å²) in [6.07, 6.45) is -5.08. The van der Waals surface area contributed by atoms with Gasteiger partial charge in [-0.3, -0.25) is 0 Å². The van der Waals surface area contributed by atoms with Crippen molar-refractivity contribution in [2.45, 2.75) is 12.6 Å². The molecule has 1 nitrogen and oxygen atoms in total. The van der Waals surface area contributed by atoms with Gasteiger partial charge in [0.1, 0.15) is 0 Å². The standard InChI is InChI=1S/C3H6F3N/c4-2(1-7)3(5)6/h2-3H,1,7H2. The molecule has 0 saturated heterocycles. The van der Waals surface area contributed by atoms with Crippen LogP contribution in [0.15, 0.2) is 0 Å². The molecule has 0 rings (SSSR count). The molecule has 0 amide bonds. The molecule has 0 aromatic heterocycles. The van der Waals surface area contributed by atoms with Gasteiger partial charge in [-0.05, 0) is 0 Å². The van der Waals surface area contributed by atoms with E-state index in [4.69, 9.17) is 0 Å². The Bertz CT molecular complexity index is 47.4. The summed E-state index contributed by atoms with van der Waals surface area (Å²) in [6.45, 7) is -0.600. The van der Waals surface area contributed by atoms with E-state index in [9.17, 15) is 13.2 Å². The maximum atomic E-state index is 11.4. The Hall–Kier alpha value is -0.250. The van der Waals surface area contributed by atoms with Crippen LogP contribution in [0.1, 0.15) is 0 Å². The molecule has 0 fully saturated rings. The van der Waals surface area contributed by atoms with Crippen LogP contribution >= 0.6 is 0 Å². The van der Waals surface area contributed by atoms with Gasteiger partial charge in [-0.2, -0.15) is 0 Å². The van der Waals surface area contributed by atoms with Gasteiger partial charge in [0.2, 0.25) is 0 Å². The van der Waals surface area contributed by atoms with Crippen molar-refractivity contribution >= 4 is 0 Å². The minimum absolute atomic E-state index is 0.600. The zero-order valence-electron chi connectivity index (χ0n) is 3.57. The van der Waals surface area contributed by atoms with Crippen molar-refractivity contribution in [2.24, 2.45) is 5.73 Å². The van der Waals surface area contributed by atoms with Crippen molar-refractivity contribution in [3.8, 4) is 0 Å². The van der Waals surface area contributed by atoms with Crippen molar-refractivity contribution in [3.05, 3.63) is 0 Å². The summed E-state index contributed by atoms with van der Waals surface area (Å²) in [5, 5.41) is 0. The lowest BCUT2D eigenvalue weighted by molar-refractivity contribution is 0.0549. The summed E-state index contributed by atoms with van der Waals surface area (Å²) in [5.74, 6) is 0. The van der Waals surface area contributed by atoms with E-state index in [1.165, 1.54) is 0 Å². The lowest BCUT2D eigenvalue weighted by Gasteiger charge is -1.99. The predicted octanol–water partition coefficient (Wildman–Crippen LogP) is 0.548. The number of rotatable bonds is 2. The van der Waals surface area contributed by atoms with Gasteiger partial charge >= 0.3 is 0 Å². The average molecular weight is 113 g/mol. The summed E-state index contributed by atoms with van der Waals surface area (Å²) in [4.78, 5) is 0. The fraction of sp³-hybridized carbons (Fsp3) is 1.00. The summed E-state index contributed by atoms with van der Waals surface area (Å²) in [7, 11) is 0. The molecule has 0 aliphatic heterocycles. The van der Waals surface area contributed by atoms with E-state index < -0.39 is 19.1 Å². The van der Waals surface area contributed by atoms with Gasteiger partial charge in [-0.1, -0.05) is 0 Å². The first-order valence-corrected chi connectivity index (χ1v) is 1.80. The van der Waals surface area contributed by atoms with Crippen LogP contribution in [-0.2, 0) is 0 Å². The predicted molar refractivity (Wildman–Crippen MR) is 20.0 cm³/mol. The summed E-state index contributed by atoms with van der Waals surface area (Å²) in [5.41, 5.74) is 4.52. The van der Waals surface area contributed by atoms with E-state index in [1.54, 1.807) is 0 Å². The van der Waals surface area contributed by atoms with Gasteiger partial charge in [-0.25, -0.2) is 13.2 Å². The van der Waals surface area contributed by atoms with Crippen LogP contribution in [-0.4, -0.2) is 19.1 Å². The van der Waals surface area contributed by atoms with Gasteiger partial charge in [0.05, 0.1) is 0 Å². The average Bonchev–Trinajstić information content (AvgIpc) is 1.65. The van der Waals surface area contributed by atoms with E-state index in [1.807, 2.05) is 0 Å². The molecule has 0 bridgehead atoms. The maximum Gasteiger partial charge on any atom is 0.270 e. The Balaban J connectivity index is 3.14. The molecule has 0 radical (unpaired) electrons. The van der Waals surface area contributed by atoms with Gasteiger partial charge < -0.3 is 5.73 Å². The van der Waals surface area contributed by atoms with Gasteiger partial charge in [0, 0.05) is 6.54 Å². The topological polar surface area (TPSA) is 26.0 Å². The Kier molecular flexibility index (Phi) is 2.75. The number of halogens is 3. The highest BCUT2D eigenvalue weighted by Gasteiger charge is 2.15. The van der Waals surface area contributed by atoms with Crippen LogP contribution in [0, 0.1) is 0 Å². The van der Waals surface area contributed by atoms with Crippen LogP contribution in [0.2, 0.25) is 0 Å². The Morgan fingerprint density at radius 1 is 1.29 bits per heavy atom. The SMILES string of the molecule is NCC(F)C(F)F. The van der Waals surface area contributed by atoms with Crippen molar-refractivity contribution in [2.75, 3.05) is 6.54 Å². The molecule has 1 unspecified atom stereocenters. The fourth-order valence-corrected chi connectivity index (χ4v) is 0.103. The van der Waals surface area contributed by atoms with Crippen molar-refractivity contribution in [1.82, 2.24) is 0 Å². The van der Waals surface area contributed by atoms with Gasteiger partial charge in [-0.15, -0.1) is 0 Å². The normalized spacial score (nSPS) is 15.0. The lowest BCUT2D eigenvalue weighted by Crippen LogP contribution is -2.22. The molecule has 1 atom stereocenters. The molecule has 0 heterocycles. The molecule has 44 valence electrons. The number of hydrogen-bond donors (Lipinski definition) is 1. The van der Waals surface area contributed by atoms with E-state index in [-0.39, 0.29) is 0 Å². The monoisotopic (exact) mass is 113 g/mol. The first kappa shape index (κ1) is 6.75. The molecule has 0 aromatic rings. The number of hydrogen-bond acceptors (Lipinski definition) is 1. The fourth-order valence-electron chi connectivity index (χ4n) is 0.103. The molecule has 0 aromatic carbocycles. The molecule has 2 N–H and O–H groups in total. The first-order chi connectivity index (χ1) is 3.18. The van der Waals surface area contributed by atoms with Crippen LogP contribution < -0.4 is 5.73 Å². The molecular weight excluding hydrogens is 107 g/mol. The van der Waals surface area contributed by atoms with E-state index >= 15 is 0 Å². The molecular formula is C3H6F3N. The number of alkyl halides is 3. The lowest BCUT2D eigenvalue weighted by atomic mass is 10.4. The maximum absolute atomic E-state index is 11.4. The first-order valence-electron chi connectivity index (χ1n) is 1.80. The second kappa shape index (κ2) is 2.85. The highest BCUT2D eigenvalue weighted by molar-refractivity contribution is 4.56. The zero-order chi connectivity index (χ0) is 5.86. The third-order valence-electron chi connectivity index (χ3n) is 0.499. The Labute approximate surface area is 39.3 Å². The Morgan fingerprint density at radius 3 is 1.71 bits per heavy atom. The highest BCUT2D eigenvalue weighted by atomic mass is 19.3. The molecule has 0 aliphatic carbocycles. The van der Waals surface area contributed by atoms with Gasteiger partial charge in [0.15, 0.2) is 6.17 Å². The van der Waals surface area contributed by atoms with Gasteiger partial charge in [0.25, 0.3) is 6.43 Å². The molecule has 0 aliphatic rings. The molecule has 0 saturated carbocycles. The Morgan fingerprint density at radius 2 is 1.71 bits per heavy atom. The third-order valence-corrected chi connectivity index (χ3v) is 0.499. The molecule has 7 heavy (non-hydrogen) atoms. The second-order valence-electron chi connectivity index (χ2n) is 1.09. The van der Waals surface area contributed by atoms with Crippen LogP contribution in [0.3, 0.4) is 0 Å². The van der Waals surface area contributed by atoms with Crippen molar-refractivity contribution in [3.63, 3.8) is 0 Å². The summed E-state index contributed by atoms with van der Waals surface area (Å²) < 4.78 is 33.3. The second-order valence-corrected chi connectivity index (χ2v) is 1.09. The van der Waals surface area contributed by atoms with Crippen molar-refractivity contribution < 1.29 is 13.2 Å². The van der Waals surface area contributed by atoms with Crippen LogP contribution in [0.25, 0.3) is 0 Å². The number of nitrogens with two attached hydrogens (primary N) is 1. The largest absolute Gasteiger partial charge is 0.328 e. The minimum atomic E-state index is -2.93. The highest BCUT2D eigenvalue weighted by Crippen LogP contribution is 2.01. The zero-order valence-corrected chi connectivity index (χ0v) is 3.57. The summed E-state index contributed by atoms with van der Waals surface area (Å²) >= 11 is 0. The van der Waals surface area contributed by atoms with Crippen LogP contribution in [0.4, 0.5) is 13.2 Å². The quantitative estimate of drug-likeness (QED) is 0.556. The van der Waals surface area contributed by atoms with E-state index in [0.717, 1.165) is 0 Å². The minimum Gasteiger partial charge on any atom is -0.328 e.